The minimum Gasteiger partial charge on any atom is -0.478 e. The van der Waals surface area contributed by atoms with Crippen LogP contribution in [0.1, 0.15) is 10.4 Å². The van der Waals surface area contributed by atoms with Gasteiger partial charge in [-0.05, 0) is 17.7 Å². The number of hydrogen-bond acceptors (Lipinski definition) is 2. The minimum absolute atomic E-state index is 0.0283. The quantitative estimate of drug-likeness (QED) is 0.821. The molecule has 0 fully saturated rings. The van der Waals surface area contributed by atoms with Crippen LogP contribution in [0.4, 0.5) is 4.39 Å². The summed E-state index contributed by atoms with van der Waals surface area (Å²) in [5.41, 5.74) is 0.892. The highest BCUT2D eigenvalue weighted by atomic mass is 19.1. The predicted molar refractivity (Wildman–Crippen MR) is 51.1 cm³/mol. The molecule has 3 nitrogen and oxygen atoms in total. The highest BCUT2D eigenvalue weighted by molar-refractivity contribution is 5.95. The Hall–Kier alpha value is -2.10. The molecular weight excluding hydrogens is 199 g/mol. The first kappa shape index (κ1) is 9.45. The van der Waals surface area contributed by atoms with E-state index < -0.39 is 11.8 Å². The van der Waals surface area contributed by atoms with Gasteiger partial charge < -0.3 is 9.52 Å². The molecule has 0 aliphatic heterocycles. The molecule has 1 aromatic heterocycles. The maximum absolute atomic E-state index is 12.9. The molecule has 0 bridgehead atoms. The fraction of sp³-hybridized carbons (Fsp3) is 0. The van der Waals surface area contributed by atoms with E-state index in [0.29, 0.717) is 11.1 Å². The standard InChI is InChI=1S/C11H7FO3/c12-8-3-1-2-7(4-8)9-5-15-6-10(9)11(13)14/h1-6H,(H,13,14). The highest BCUT2D eigenvalue weighted by Crippen LogP contribution is 2.25. The van der Waals surface area contributed by atoms with Crippen molar-refractivity contribution in [1.82, 2.24) is 0 Å². The van der Waals surface area contributed by atoms with Gasteiger partial charge in [-0.15, -0.1) is 0 Å². The Morgan fingerprint density at radius 3 is 2.80 bits per heavy atom. The first-order chi connectivity index (χ1) is 7.18. The van der Waals surface area contributed by atoms with Gasteiger partial charge in [0.05, 0.1) is 6.26 Å². The van der Waals surface area contributed by atoms with Gasteiger partial charge in [-0.25, -0.2) is 9.18 Å². The molecule has 0 aliphatic carbocycles. The van der Waals surface area contributed by atoms with E-state index in [9.17, 15) is 9.18 Å². The van der Waals surface area contributed by atoms with Crippen molar-refractivity contribution in [2.24, 2.45) is 0 Å². The Morgan fingerprint density at radius 1 is 1.33 bits per heavy atom. The second-order valence-corrected chi connectivity index (χ2v) is 3.01. The van der Waals surface area contributed by atoms with Gasteiger partial charge in [0.15, 0.2) is 0 Å². The second kappa shape index (κ2) is 3.57. The van der Waals surface area contributed by atoms with Gasteiger partial charge in [0, 0.05) is 5.56 Å². The normalized spacial score (nSPS) is 10.2. The van der Waals surface area contributed by atoms with E-state index in [2.05, 4.69) is 0 Å². The number of hydrogen-bond donors (Lipinski definition) is 1. The minimum atomic E-state index is -1.09. The number of carboxylic acids is 1. The molecule has 0 saturated heterocycles. The van der Waals surface area contributed by atoms with Gasteiger partial charge in [0.25, 0.3) is 0 Å². The number of carbonyl (C=O) groups is 1. The van der Waals surface area contributed by atoms with Crippen LogP contribution in [0.2, 0.25) is 0 Å². The zero-order valence-electron chi connectivity index (χ0n) is 7.61. The van der Waals surface area contributed by atoms with Gasteiger partial charge in [-0.1, -0.05) is 12.1 Å². The van der Waals surface area contributed by atoms with E-state index in [-0.39, 0.29) is 5.56 Å². The second-order valence-electron chi connectivity index (χ2n) is 3.01. The third kappa shape index (κ3) is 1.74. The van der Waals surface area contributed by atoms with Crippen LogP contribution >= 0.6 is 0 Å². The molecule has 4 heteroatoms. The van der Waals surface area contributed by atoms with Crippen LogP contribution in [0.25, 0.3) is 11.1 Å². The van der Waals surface area contributed by atoms with Gasteiger partial charge in [0.2, 0.25) is 0 Å². The molecule has 0 amide bonds. The number of furan rings is 1. The van der Waals surface area contributed by atoms with Crippen molar-refractivity contribution in [1.29, 1.82) is 0 Å². The van der Waals surface area contributed by atoms with Crippen LogP contribution in [-0.4, -0.2) is 11.1 Å². The van der Waals surface area contributed by atoms with E-state index in [0.717, 1.165) is 6.26 Å². The summed E-state index contributed by atoms with van der Waals surface area (Å²) in [6.07, 6.45) is 2.42. The van der Waals surface area contributed by atoms with E-state index in [4.69, 9.17) is 9.52 Å². The Bertz CT molecular complexity index is 502. The molecular formula is C11H7FO3. The average Bonchev–Trinajstić information content (AvgIpc) is 2.65. The maximum Gasteiger partial charge on any atom is 0.339 e. The molecule has 15 heavy (non-hydrogen) atoms. The molecule has 0 atom stereocenters. The summed E-state index contributed by atoms with van der Waals surface area (Å²) in [6, 6.07) is 5.70. The summed E-state index contributed by atoms with van der Waals surface area (Å²) in [7, 11) is 0. The number of halogens is 1. The first-order valence-electron chi connectivity index (χ1n) is 4.24. The fourth-order valence-corrected chi connectivity index (χ4v) is 1.34. The highest BCUT2D eigenvalue weighted by Gasteiger charge is 2.14. The third-order valence-electron chi connectivity index (χ3n) is 2.03. The first-order valence-corrected chi connectivity index (χ1v) is 4.24. The lowest BCUT2D eigenvalue weighted by Crippen LogP contribution is -1.95. The van der Waals surface area contributed by atoms with E-state index >= 15 is 0 Å². The molecule has 1 heterocycles. The van der Waals surface area contributed by atoms with E-state index in [1.54, 1.807) is 6.07 Å². The summed E-state index contributed by atoms with van der Waals surface area (Å²) in [5.74, 6) is -1.51. The van der Waals surface area contributed by atoms with Gasteiger partial charge in [0.1, 0.15) is 17.6 Å². The number of aromatic carboxylic acids is 1. The number of benzene rings is 1. The van der Waals surface area contributed by atoms with Gasteiger partial charge in [-0.2, -0.15) is 0 Å². The molecule has 1 aromatic carbocycles. The van der Waals surface area contributed by atoms with Crippen molar-refractivity contribution in [2.45, 2.75) is 0 Å². The molecule has 0 radical (unpaired) electrons. The van der Waals surface area contributed by atoms with Crippen molar-refractivity contribution in [3.63, 3.8) is 0 Å². The number of carboxylic acid groups (broad SMARTS) is 1. The van der Waals surface area contributed by atoms with Crippen molar-refractivity contribution in [2.75, 3.05) is 0 Å². The summed E-state index contributed by atoms with van der Waals surface area (Å²) in [6.45, 7) is 0. The van der Waals surface area contributed by atoms with E-state index in [1.165, 1.54) is 24.5 Å². The molecule has 0 unspecified atom stereocenters. The molecule has 76 valence electrons. The summed E-state index contributed by atoms with van der Waals surface area (Å²) < 4.78 is 17.7. The van der Waals surface area contributed by atoms with Gasteiger partial charge in [-0.3, -0.25) is 0 Å². The summed E-state index contributed by atoms with van der Waals surface area (Å²) in [5, 5.41) is 8.83. The van der Waals surface area contributed by atoms with Crippen molar-refractivity contribution in [3.8, 4) is 11.1 Å². The fourth-order valence-electron chi connectivity index (χ4n) is 1.34. The predicted octanol–water partition coefficient (Wildman–Crippen LogP) is 2.78. The summed E-state index contributed by atoms with van der Waals surface area (Å²) in [4.78, 5) is 10.8. The van der Waals surface area contributed by atoms with Crippen LogP contribution in [0, 0.1) is 5.82 Å². The smallest absolute Gasteiger partial charge is 0.339 e. The molecule has 1 N–H and O–H groups in total. The van der Waals surface area contributed by atoms with Crippen LogP contribution in [0.5, 0.6) is 0 Å². The van der Waals surface area contributed by atoms with Gasteiger partial charge >= 0.3 is 5.97 Å². The lowest BCUT2D eigenvalue weighted by Gasteiger charge is -1.98. The van der Waals surface area contributed by atoms with Crippen LogP contribution in [-0.2, 0) is 0 Å². The Morgan fingerprint density at radius 2 is 2.13 bits per heavy atom. The molecule has 2 rings (SSSR count). The topological polar surface area (TPSA) is 50.4 Å². The summed E-state index contributed by atoms with van der Waals surface area (Å²) >= 11 is 0. The van der Waals surface area contributed by atoms with Crippen LogP contribution in [0.3, 0.4) is 0 Å². The SMILES string of the molecule is O=C(O)c1cocc1-c1cccc(F)c1. The molecule has 0 saturated carbocycles. The Labute approximate surface area is 84.8 Å². The maximum atomic E-state index is 12.9. The molecule has 0 aliphatic rings. The Kier molecular flexibility index (Phi) is 2.25. The van der Waals surface area contributed by atoms with Crippen LogP contribution in [0.15, 0.2) is 41.2 Å². The monoisotopic (exact) mass is 206 g/mol. The Balaban J connectivity index is 2.54. The largest absolute Gasteiger partial charge is 0.478 e. The zero-order chi connectivity index (χ0) is 10.8. The molecule has 2 aromatic rings. The van der Waals surface area contributed by atoms with E-state index in [1.807, 2.05) is 0 Å². The number of rotatable bonds is 2. The lowest BCUT2D eigenvalue weighted by molar-refractivity contribution is 0.0697. The third-order valence-corrected chi connectivity index (χ3v) is 2.03. The average molecular weight is 206 g/mol. The zero-order valence-corrected chi connectivity index (χ0v) is 7.61. The van der Waals surface area contributed by atoms with Crippen molar-refractivity contribution >= 4 is 5.97 Å². The molecule has 0 spiro atoms. The van der Waals surface area contributed by atoms with Crippen molar-refractivity contribution < 1.29 is 18.7 Å². The van der Waals surface area contributed by atoms with Crippen molar-refractivity contribution in [3.05, 3.63) is 48.2 Å². The van der Waals surface area contributed by atoms with Crippen LogP contribution < -0.4 is 0 Å². The lowest BCUT2D eigenvalue weighted by atomic mass is 10.1.